The van der Waals surface area contributed by atoms with Crippen LogP contribution in [0.25, 0.3) is 0 Å². The molecule has 0 spiro atoms. The summed E-state index contributed by atoms with van der Waals surface area (Å²) in [5.74, 6) is 0.664. The summed E-state index contributed by atoms with van der Waals surface area (Å²) in [6.07, 6.45) is 1.93. The van der Waals surface area contributed by atoms with Crippen LogP contribution in [-0.2, 0) is 26.6 Å². The fourth-order valence-electron chi connectivity index (χ4n) is 2.95. The Morgan fingerprint density at radius 3 is 2.26 bits per heavy atom. The largest absolute Gasteiger partial charge is 1.00 e. The van der Waals surface area contributed by atoms with Crippen LogP contribution in [0.5, 0.6) is 0 Å². The summed E-state index contributed by atoms with van der Waals surface area (Å²) in [6, 6.07) is 14.4. The number of anilines is 3. The average molecular weight is 490 g/mol. The Hall–Kier alpha value is -1.22. The van der Waals surface area contributed by atoms with E-state index in [1.54, 1.807) is 54.4 Å². The van der Waals surface area contributed by atoms with Crippen molar-refractivity contribution in [1.82, 2.24) is 0 Å². The number of rotatable bonds is 8. The number of nitrogens with zero attached hydrogens (tertiary/aromatic N) is 1. The number of sulfonamides is 1. The number of furan rings is 1. The normalized spacial score (nSPS) is 11.6. The number of nitrogens with one attached hydrogen (secondary N) is 1. The first-order valence-corrected chi connectivity index (χ1v) is 11.7. The predicted molar refractivity (Wildman–Crippen MR) is 111 cm³/mol. The summed E-state index contributed by atoms with van der Waals surface area (Å²) >= 11 is 0. The Balaban J connectivity index is 0.00000341. The van der Waals surface area contributed by atoms with Gasteiger partial charge in [0.15, 0.2) is 0 Å². The second-order valence-electron chi connectivity index (χ2n) is 6.47. The molecule has 0 aliphatic carbocycles. The Morgan fingerprint density at radius 2 is 1.71 bits per heavy atom. The Kier molecular flexibility index (Phi) is 8.90. The van der Waals surface area contributed by atoms with Gasteiger partial charge in [0, 0.05) is 25.7 Å². The maximum absolute atomic E-state index is 12.2. The first-order valence-electron chi connectivity index (χ1n) is 8.79. The number of benzene rings is 2. The van der Waals surface area contributed by atoms with Crippen LogP contribution in [0, 0.1) is 0 Å². The zero-order valence-corrected chi connectivity index (χ0v) is 21.7. The van der Waals surface area contributed by atoms with E-state index in [9.17, 15) is 21.4 Å². The van der Waals surface area contributed by atoms with Gasteiger partial charge >= 0.3 is 51.4 Å². The number of hydrogen-bond acceptors (Lipinski definition) is 8. The van der Waals surface area contributed by atoms with Gasteiger partial charge in [-0.3, -0.25) is 0 Å². The maximum atomic E-state index is 12.2. The zero-order chi connectivity index (χ0) is 21.9. The summed E-state index contributed by atoms with van der Waals surface area (Å²) in [7, 11) is -7.70. The SMILES string of the molecule is CN(c1ccccc1)c1cc(NCCc2ccco2)c(S(=O)(=O)[O-])cc1S(N)(=O)=O.[K+]. The van der Waals surface area contributed by atoms with Gasteiger partial charge in [0.1, 0.15) is 20.8 Å². The molecule has 0 amide bonds. The van der Waals surface area contributed by atoms with Crippen LogP contribution in [-0.4, -0.2) is 35.0 Å². The third-order valence-corrected chi connectivity index (χ3v) is 6.23. The van der Waals surface area contributed by atoms with Crippen molar-refractivity contribution in [2.24, 2.45) is 5.14 Å². The summed E-state index contributed by atoms with van der Waals surface area (Å²) in [5, 5.41) is 8.20. The molecule has 3 rings (SSSR count). The maximum Gasteiger partial charge on any atom is 1.00 e. The van der Waals surface area contributed by atoms with Crippen LogP contribution >= 0.6 is 0 Å². The molecule has 3 N–H and O–H groups in total. The smallest absolute Gasteiger partial charge is 0.744 e. The zero-order valence-electron chi connectivity index (χ0n) is 17.0. The summed E-state index contributed by atoms with van der Waals surface area (Å²) < 4.78 is 65.0. The molecule has 0 aliphatic heterocycles. The minimum atomic E-state index is -4.98. The minimum Gasteiger partial charge on any atom is -0.744 e. The van der Waals surface area contributed by atoms with Gasteiger partial charge in [0.2, 0.25) is 10.0 Å². The topological polar surface area (TPSA) is 146 Å². The minimum absolute atomic E-state index is 0. The summed E-state index contributed by atoms with van der Waals surface area (Å²) in [4.78, 5) is 0.370. The van der Waals surface area contributed by atoms with Gasteiger partial charge < -0.3 is 19.2 Å². The van der Waals surface area contributed by atoms with E-state index in [4.69, 9.17) is 9.56 Å². The fourth-order valence-corrected chi connectivity index (χ4v) is 4.46. The van der Waals surface area contributed by atoms with E-state index in [2.05, 4.69) is 5.32 Å². The molecule has 12 heteroatoms. The van der Waals surface area contributed by atoms with Crippen LogP contribution in [0.3, 0.4) is 0 Å². The second-order valence-corrected chi connectivity index (χ2v) is 9.34. The van der Waals surface area contributed by atoms with Gasteiger partial charge in [-0.15, -0.1) is 0 Å². The van der Waals surface area contributed by atoms with Crippen LogP contribution < -0.4 is 66.7 Å². The fraction of sp³-hybridized carbons (Fsp3) is 0.158. The van der Waals surface area contributed by atoms with Crippen molar-refractivity contribution >= 4 is 37.2 Å². The van der Waals surface area contributed by atoms with Gasteiger partial charge in [-0.2, -0.15) is 0 Å². The Labute approximate surface area is 223 Å². The van der Waals surface area contributed by atoms with E-state index in [0.29, 0.717) is 17.9 Å². The first-order chi connectivity index (χ1) is 14.1. The molecule has 160 valence electrons. The molecular weight excluding hydrogens is 469 g/mol. The molecule has 1 heterocycles. The molecule has 0 saturated carbocycles. The van der Waals surface area contributed by atoms with Crippen molar-refractivity contribution in [2.75, 3.05) is 23.8 Å². The number of para-hydroxylation sites is 1. The molecule has 2 aromatic carbocycles. The third-order valence-electron chi connectivity index (χ3n) is 4.41. The molecular formula is C19H20KN3O6S2. The van der Waals surface area contributed by atoms with E-state index in [0.717, 1.165) is 6.07 Å². The van der Waals surface area contributed by atoms with E-state index in [-0.39, 0.29) is 69.3 Å². The molecule has 0 unspecified atom stereocenters. The van der Waals surface area contributed by atoms with E-state index in [1.165, 1.54) is 12.3 Å². The molecule has 0 radical (unpaired) electrons. The standard InChI is InChI=1S/C19H21N3O6S2.K/c1-22(14-6-3-2-4-7-14)17-12-16(21-10-9-15-8-5-11-28-15)18(30(25,26)27)13-19(17)29(20,23)24;/h2-8,11-13,21H,9-10H2,1H3,(H2,20,23,24)(H,25,26,27);/q;+1/p-1. The average Bonchev–Trinajstić information content (AvgIpc) is 3.19. The van der Waals surface area contributed by atoms with Crippen molar-refractivity contribution in [2.45, 2.75) is 16.2 Å². The first kappa shape index (κ1) is 26.0. The monoisotopic (exact) mass is 489 g/mol. The van der Waals surface area contributed by atoms with Gasteiger partial charge in [-0.25, -0.2) is 22.0 Å². The molecule has 3 aromatic rings. The van der Waals surface area contributed by atoms with Crippen LogP contribution in [0.15, 0.2) is 75.1 Å². The molecule has 1 aromatic heterocycles. The van der Waals surface area contributed by atoms with Crippen molar-refractivity contribution in [3.63, 3.8) is 0 Å². The van der Waals surface area contributed by atoms with E-state index >= 15 is 0 Å². The van der Waals surface area contributed by atoms with Gasteiger partial charge in [-0.05, 0) is 36.4 Å². The van der Waals surface area contributed by atoms with Gasteiger partial charge in [-0.1, -0.05) is 18.2 Å². The summed E-state index contributed by atoms with van der Waals surface area (Å²) in [6.45, 7) is 0.249. The molecule has 9 nitrogen and oxygen atoms in total. The predicted octanol–water partition coefficient (Wildman–Crippen LogP) is -0.742. The van der Waals surface area contributed by atoms with Gasteiger partial charge in [0.25, 0.3) is 0 Å². The molecule has 0 aliphatic rings. The number of nitrogens with two attached hydrogens (primary N) is 1. The van der Waals surface area contributed by atoms with Crippen molar-refractivity contribution in [3.05, 3.63) is 66.6 Å². The van der Waals surface area contributed by atoms with Crippen LogP contribution in [0.1, 0.15) is 5.76 Å². The number of primary sulfonamides is 1. The molecule has 0 fully saturated rings. The van der Waals surface area contributed by atoms with Crippen molar-refractivity contribution in [3.8, 4) is 0 Å². The molecule has 0 saturated heterocycles. The van der Waals surface area contributed by atoms with E-state index < -0.39 is 29.9 Å². The Morgan fingerprint density at radius 1 is 1.03 bits per heavy atom. The second kappa shape index (κ2) is 10.6. The van der Waals surface area contributed by atoms with E-state index in [1.807, 2.05) is 0 Å². The molecule has 31 heavy (non-hydrogen) atoms. The number of hydrogen-bond donors (Lipinski definition) is 2. The Bertz CT molecular complexity index is 1230. The quantitative estimate of drug-likeness (QED) is 0.311. The van der Waals surface area contributed by atoms with Crippen LogP contribution in [0.4, 0.5) is 17.1 Å². The van der Waals surface area contributed by atoms with Crippen LogP contribution in [0.2, 0.25) is 0 Å². The molecule has 0 bridgehead atoms. The molecule has 0 atom stereocenters. The summed E-state index contributed by atoms with van der Waals surface area (Å²) in [5.41, 5.74) is 0.736. The van der Waals surface area contributed by atoms with Gasteiger partial charge in [0.05, 0.1) is 22.5 Å². The van der Waals surface area contributed by atoms with Crippen molar-refractivity contribution < 1.29 is 77.2 Å². The third kappa shape index (κ3) is 6.63. The van der Waals surface area contributed by atoms with Crippen molar-refractivity contribution in [1.29, 1.82) is 0 Å².